The van der Waals surface area contributed by atoms with Crippen LogP contribution < -0.4 is 0 Å². The Kier molecular flexibility index (Phi) is 9.81. The van der Waals surface area contributed by atoms with Crippen molar-refractivity contribution in [2.45, 2.75) is 53.1 Å². The zero-order valence-corrected chi connectivity index (χ0v) is 18.6. The molecule has 2 aromatic rings. The normalized spacial score (nSPS) is 10.5. The molecule has 1 aromatic heterocycles. The van der Waals surface area contributed by atoms with Crippen molar-refractivity contribution in [3.8, 4) is 0 Å². The number of carbonyl (C=O) groups is 3. The molecule has 7 heteroatoms. The second-order valence-corrected chi connectivity index (χ2v) is 7.37. The van der Waals surface area contributed by atoms with E-state index in [4.69, 9.17) is 9.15 Å². The van der Waals surface area contributed by atoms with Gasteiger partial charge in [-0.1, -0.05) is 37.3 Å². The highest BCUT2D eigenvalue weighted by Crippen LogP contribution is 2.14. The average Bonchev–Trinajstić information content (AvgIpc) is 3.16. The van der Waals surface area contributed by atoms with Crippen LogP contribution in [0.1, 0.15) is 50.2 Å². The highest BCUT2D eigenvalue weighted by molar-refractivity contribution is 5.86. The Morgan fingerprint density at radius 2 is 1.65 bits per heavy atom. The number of furan rings is 1. The van der Waals surface area contributed by atoms with Gasteiger partial charge in [-0.2, -0.15) is 0 Å². The number of amides is 2. The molecule has 0 aliphatic heterocycles. The zero-order valence-electron chi connectivity index (χ0n) is 18.6. The molecule has 31 heavy (non-hydrogen) atoms. The van der Waals surface area contributed by atoms with E-state index in [1.807, 2.05) is 56.3 Å². The van der Waals surface area contributed by atoms with Gasteiger partial charge in [-0.05, 0) is 38.0 Å². The lowest BCUT2D eigenvalue weighted by molar-refractivity contribution is -0.146. The molecule has 0 aliphatic rings. The maximum Gasteiger partial charge on any atom is 0.306 e. The average molecular weight is 429 g/mol. The first kappa shape index (κ1) is 24.2. The van der Waals surface area contributed by atoms with Crippen LogP contribution in [0.5, 0.6) is 0 Å². The highest BCUT2D eigenvalue weighted by atomic mass is 16.5. The van der Waals surface area contributed by atoms with Gasteiger partial charge in [0.25, 0.3) is 0 Å². The molecule has 0 fully saturated rings. The molecule has 0 saturated carbocycles. The van der Waals surface area contributed by atoms with Crippen molar-refractivity contribution in [1.29, 1.82) is 0 Å². The van der Waals surface area contributed by atoms with Crippen molar-refractivity contribution in [1.82, 2.24) is 9.80 Å². The Morgan fingerprint density at radius 3 is 2.26 bits per heavy atom. The van der Waals surface area contributed by atoms with Crippen LogP contribution in [-0.4, -0.2) is 47.3 Å². The van der Waals surface area contributed by atoms with Gasteiger partial charge in [0.1, 0.15) is 11.5 Å². The number of ether oxygens (including phenoxy) is 1. The van der Waals surface area contributed by atoms with Crippen LogP contribution in [0.15, 0.2) is 46.9 Å². The molecule has 1 heterocycles. The monoisotopic (exact) mass is 428 g/mol. The van der Waals surface area contributed by atoms with Gasteiger partial charge in [-0.25, -0.2) is 0 Å². The molecule has 0 spiro atoms. The molecule has 0 bridgehead atoms. The maximum absolute atomic E-state index is 13.2. The van der Waals surface area contributed by atoms with E-state index >= 15 is 0 Å². The summed E-state index contributed by atoms with van der Waals surface area (Å²) in [5.74, 6) is 0.673. The van der Waals surface area contributed by atoms with E-state index < -0.39 is 5.97 Å². The molecule has 0 radical (unpaired) electrons. The molecule has 2 amide bonds. The van der Waals surface area contributed by atoms with Gasteiger partial charge < -0.3 is 19.0 Å². The van der Waals surface area contributed by atoms with Gasteiger partial charge in [0.15, 0.2) is 0 Å². The number of hydrogen-bond acceptors (Lipinski definition) is 5. The summed E-state index contributed by atoms with van der Waals surface area (Å²) in [5, 5.41) is 0. The molecule has 0 unspecified atom stereocenters. The van der Waals surface area contributed by atoms with Gasteiger partial charge in [0.2, 0.25) is 11.8 Å². The van der Waals surface area contributed by atoms with Gasteiger partial charge >= 0.3 is 5.97 Å². The van der Waals surface area contributed by atoms with E-state index in [1.54, 1.807) is 11.8 Å². The van der Waals surface area contributed by atoms with E-state index in [0.29, 0.717) is 31.8 Å². The Bertz CT molecular complexity index is 847. The third-order valence-corrected chi connectivity index (χ3v) is 4.73. The number of benzene rings is 1. The summed E-state index contributed by atoms with van der Waals surface area (Å²) in [4.78, 5) is 40.6. The van der Waals surface area contributed by atoms with Crippen LogP contribution in [0.25, 0.3) is 0 Å². The van der Waals surface area contributed by atoms with Crippen LogP contribution in [0.4, 0.5) is 0 Å². The van der Waals surface area contributed by atoms with Crippen molar-refractivity contribution in [3.63, 3.8) is 0 Å². The lowest BCUT2D eigenvalue weighted by atomic mass is 10.2. The second-order valence-electron chi connectivity index (χ2n) is 7.37. The first-order chi connectivity index (χ1) is 14.9. The minimum atomic E-state index is -0.405. The van der Waals surface area contributed by atoms with E-state index in [1.165, 1.54) is 4.90 Å². The second kappa shape index (κ2) is 12.6. The zero-order chi connectivity index (χ0) is 22.6. The number of aryl methyl sites for hydroxylation is 1. The predicted molar refractivity (Wildman–Crippen MR) is 117 cm³/mol. The molecule has 0 N–H and O–H groups in total. The lowest BCUT2D eigenvalue weighted by Gasteiger charge is -2.27. The molecular weight excluding hydrogens is 396 g/mol. The van der Waals surface area contributed by atoms with Crippen LogP contribution in [0.3, 0.4) is 0 Å². The van der Waals surface area contributed by atoms with Crippen LogP contribution in [-0.2, 0) is 32.2 Å². The van der Waals surface area contributed by atoms with Gasteiger partial charge in [0.05, 0.1) is 26.1 Å². The lowest BCUT2D eigenvalue weighted by Crippen LogP contribution is -2.42. The standard InChI is InChI=1S/C24H32N2O5/c1-4-15-25(22(27)13-14-24(29)30-5-2)18-23(28)26(16-20-9-7-6-8-10-20)17-21-12-11-19(3)31-21/h6-12H,4-5,13-18H2,1-3H3. The van der Waals surface area contributed by atoms with Crippen molar-refractivity contribution in [3.05, 3.63) is 59.5 Å². The summed E-state index contributed by atoms with van der Waals surface area (Å²) < 4.78 is 10.6. The molecule has 0 saturated heterocycles. The van der Waals surface area contributed by atoms with Gasteiger partial charge in [0, 0.05) is 19.5 Å². The Balaban J connectivity index is 2.08. The van der Waals surface area contributed by atoms with E-state index in [2.05, 4.69) is 0 Å². The summed E-state index contributed by atoms with van der Waals surface area (Å²) in [5.41, 5.74) is 0.995. The summed E-state index contributed by atoms with van der Waals surface area (Å²) in [7, 11) is 0. The smallest absolute Gasteiger partial charge is 0.306 e. The Hall–Kier alpha value is -3.09. The fourth-order valence-electron chi connectivity index (χ4n) is 3.22. The molecule has 0 aliphatic carbocycles. The van der Waals surface area contributed by atoms with Crippen molar-refractivity contribution < 1.29 is 23.5 Å². The molecule has 7 nitrogen and oxygen atoms in total. The summed E-state index contributed by atoms with van der Waals surface area (Å²) in [6, 6.07) is 13.4. The number of rotatable bonds is 12. The van der Waals surface area contributed by atoms with Crippen molar-refractivity contribution in [2.75, 3.05) is 19.7 Å². The predicted octanol–water partition coefficient (Wildman–Crippen LogP) is 3.70. The molecule has 1 aromatic carbocycles. The molecular formula is C24H32N2O5. The van der Waals surface area contributed by atoms with E-state index in [0.717, 1.165) is 11.3 Å². The fraction of sp³-hybridized carbons (Fsp3) is 0.458. The number of nitrogens with zero attached hydrogens (tertiary/aromatic N) is 2. The topological polar surface area (TPSA) is 80.1 Å². The summed E-state index contributed by atoms with van der Waals surface area (Å²) in [6.45, 7) is 6.96. The Morgan fingerprint density at radius 1 is 0.903 bits per heavy atom. The largest absolute Gasteiger partial charge is 0.466 e. The van der Waals surface area contributed by atoms with Gasteiger partial charge in [-0.15, -0.1) is 0 Å². The van der Waals surface area contributed by atoms with Crippen LogP contribution in [0.2, 0.25) is 0 Å². The number of hydrogen-bond donors (Lipinski definition) is 0. The van der Waals surface area contributed by atoms with Crippen LogP contribution >= 0.6 is 0 Å². The molecule has 0 atom stereocenters. The number of esters is 1. The SMILES string of the molecule is CCCN(CC(=O)N(Cc1ccccc1)Cc1ccc(C)o1)C(=O)CCC(=O)OCC. The summed E-state index contributed by atoms with van der Waals surface area (Å²) in [6.07, 6.45) is 0.761. The fourth-order valence-corrected chi connectivity index (χ4v) is 3.22. The first-order valence-electron chi connectivity index (χ1n) is 10.7. The first-order valence-corrected chi connectivity index (χ1v) is 10.7. The quantitative estimate of drug-likeness (QED) is 0.482. The van der Waals surface area contributed by atoms with E-state index in [-0.39, 0.29) is 37.8 Å². The summed E-state index contributed by atoms with van der Waals surface area (Å²) >= 11 is 0. The molecule has 2 rings (SSSR count). The van der Waals surface area contributed by atoms with Crippen molar-refractivity contribution in [2.24, 2.45) is 0 Å². The maximum atomic E-state index is 13.2. The highest BCUT2D eigenvalue weighted by Gasteiger charge is 2.22. The number of carbonyl (C=O) groups excluding carboxylic acids is 3. The third kappa shape index (κ3) is 8.28. The van der Waals surface area contributed by atoms with E-state index in [9.17, 15) is 14.4 Å². The van der Waals surface area contributed by atoms with Crippen LogP contribution in [0, 0.1) is 6.92 Å². The van der Waals surface area contributed by atoms with Gasteiger partial charge in [-0.3, -0.25) is 14.4 Å². The third-order valence-electron chi connectivity index (χ3n) is 4.73. The Labute approximate surface area is 184 Å². The van der Waals surface area contributed by atoms with Crippen molar-refractivity contribution >= 4 is 17.8 Å². The molecule has 168 valence electrons. The minimum absolute atomic E-state index is 0.0144. The minimum Gasteiger partial charge on any atom is -0.466 e.